The summed E-state index contributed by atoms with van der Waals surface area (Å²) in [6.45, 7) is 10.6. The predicted molar refractivity (Wildman–Crippen MR) is 69.2 cm³/mol. The van der Waals surface area contributed by atoms with E-state index in [2.05, 4.69) is 33.0 Å². The third-order valence-electron chi connectivity index (χ3n) is 3.99. The Labute approximate surface area is 105 Å². The zero-order valence-corrected chi connectivity index (χ0v) is 11.5. The van der Waals surface area contributed by atoms with Crippen LogP contribution >= 0.6 is 12.4 Å². The van der Waals surface area contributed by atoms with Gasteiger partial charge in [0.1, 0.15) is 0 Å². The van der Waals surface area contributed by atoms with Gasteiger partial charge in [-0.25, -0.2) is 0 Å². The lowest BCUT2D eigenvalue weighted by molar-refractivity contribution is 0.00578. The molecule has 0 radical (unpaired) electrons. The van der Waals surface area contributed by atoms with Crippen LogP contribution in [0.1, 0.15) is 40.5 Å². The van der Waals surface area contributed by atoms with E-state index in [-0.39, 0.29) is 30.7 Å². The Kier molecular flexibility index (Phi) is 4.33. The van der Waals surface area contributed by atoms with Crippen LogP contribution in [0, 0.1) is 0 Å². The fourth-order valence-electron chi connectivity index (χ4n) is 2.19. The van der Waals surface area contributed by atoms with Crippen LogP contribution in [0.3, 0.4) is 0 Å². The van der Waals surface area contributed by atoms with Crippen molar-refractivity contribution < 1.29 is 9.31 Å². The first-order chi connectivity index (χ1) is 6.92. The summed E-state index contributed by atoms with van der Waals surface area (Å²) < 4.78 is 12.1. The van der Waals surface area contributed by atoms with Crippen LogP contribution in [0.15, 0.2) is 0 Å². The molecule has 0 saturated carbocycles. The minimum Gasteiger partial charge on any atom is -0.403 e. The standard InChI is InChI=1S/C11H22BNO2.ClH/c1-10(2)11(3,4)15-12(14-10)9-6-5-7-13-8-9;/h9,13H,5-8H2,1-4H3;1H. The van der Waals surface area contributed by atoms with Crippen molar-refractivity contribution in [3.8, 4) is 0 Å². The molecule has 2 fully saturated rings. The summed E-state index contributed by atoms with van der Waals surface area (Å²) in [5, 5.41) is 3.41. The summed E-state index contributed by atoms with van der Waals surface area (Å²) in [4.78, 5) is 0. The van der Waals surface area contributed by atoms with Gasteiger partial charge < -0.3 is 14.6 Å². The molecule has 0 aliphatic carbocycles. The van der Waals surface area contributed by atoms with Crippen molar-refractivity contribution in [2.24, 2.45) is 0 Å². The number of rotatable bonds is 1. The normalized spacial score (nSPS) is 32.2. The smallest absolute Gasteiger partial charge is 0.403 e. The summed E-state index contributed by atoms with van der Waals surface area (Å²) in [7, 11) is -0.0252. The molecule has 1 N–H and O–H groups in total. The van der Waals surface area contributed by atoms with Gasteiger partial charge in [0, 0.05) is 5.82 Å². The second-order valence-electron chi connectivity index (χ2n) is 5.73. The van der Waals surface area contributed by atoms with E-state index in [9.17, 15) is 0 Å². The number of halogens is 1. The maximum atomic E-state index is 6.04. The molecule has 0 aromatic rings. The van der Waals surface area contributed by atoms with Crippen molar-refractivity contribution in [3.05, 3.63) is 0 Å². The van der Waals surface area contributed by atoms with Gasteiger partial charge in [0.05, 0.1) is 11.2 Å². The maximum Gasteiger partial charge on any atom is 0.462 e. The number of piperidine rings is 1. The van der Waals surface area contributed by atoms with Crippen molar-refractivity contribution in [3.63, 3.8) is 0 Å². The number of hydrogen-bond acceptors (Lipinski definition) is 3. The van der Waals surface area contributed by atoms with Crippen LogP contribution in [0.4, 0.5) is 0 Å². The molecule has 5 heteroatoms. The van der Waals surface area contributed by atoms with Gasteiger partial charge >= 0.3 is 7.12 Å². The average molecular weight is 248 g/mol. The highest BCUT2D eigenvalue weighted by atomic mass is 35.5. The topological polar surface area (TPSA) is 30.5 Å². The third-order valence-corrected chi connectivity index (χ3v) is 3.99. The lowest BCUT2D eigenvalue weighted by Gasteiger charge is -2.32. The molecule has 2 saturated heterocycles. The zero-order chi connectivity index (χ0) is 11.1. The molecule has 16 heavy (non-hydrogen) atoms. The molecule has 1 atom stereocenters. The summed E-state index contributed by atoms with van der Waals surface area (Å²) in [5.74, 6) is 0.514. The van der Waals surface area contributed by atoms with E-state index in [0.29, 0.717) is 5.82 Å². The Morgan fingerprint density at radius 1 is 1.12 bits per heavy atom. The quantitative estimate of drug-likeness (QED) is 0.721. The Balaban J connectivity index is 0.00000128. The molecule has 0 amide bonds. The lowest BCUT2D eigenvalue weighted by atomic mass is 9.68. The number of nitrogens with one attached hydrogen (secondary N) is 1. The molecule has 2 rings (SSSR count). The summed E-state index contributed by atoms with van der Waals surface area (Å²) in [5.41, 5.74) is -0.371. The van der Waals surface area contributed by atoms with Gasteiger partial charge in [-0.1, -0.05) is 0 Å². The highest BCUT2D eigenvalue weighted by Gasteiger charge is 2.53. The van der Waals surface area contributed by atoms with Crippen LogP contribution in [-0.2, 0) is 9.31 Å². The first kappa shape index (κ1) is 14.3. The van der Waals surface area contributed by atoms with Crippen molar-refractivity contribution in [1.82, 2.24) is 5.32 Å². The number of hydrogen-bond donors (Lipinski definition) is 1. The van der Waals surface area contributed by atoms with E-state index in [0.717, 1.165) is 13.1 Å². The lowest BCUT2D eigenvalue weighted by Crippen LogP contribution is -2.41. The summed E-state index contributed by atoms with van der Waals surface area (Å²) in [6, 6.07) is 0. The molecule has 94 valence electrons. The molecule has 2 aliphatic heterocycles. The molecule has 3 nitrogen and oxygen atoms in total. The van der Waals surface area contributed by atoms with E-state index < -0.39 is 0 Å². The molecule has 1 unspecified atom stereocenters. The van der Waals surface area contributed by atoms with Gasteiger partial charge in [-0.3, -0.25) is 0 Å². The van der Waals surface area contributed by atoms with Gasteiger partial charge in [0.15, 0.2) is 0 Å². The summed E-state index contributed by atoms with van der Waals surface area (Å²) >= 11 is 0. The first-order valence-electron chi connectivity index (χ1n) is 5.99. The third kappa shape index (κ3) is 2.56. The first-order valence-corrected chi connectivity index (χ1v) is 5.99. The van der Waals surface area contributed by atoms with Crippen molar-refractivity contribution in [2.45, 2.75) is 57.6 Å². The largest absolute Gasteiger partial charge is 0.462 e. The second kappa shape index (κ2) is 4.85. The molecular weight excluding hydrogens is 224 g/mol. The van der Waals surface area contributed by atoms with Crippen LogP contribution in [0.2, 0.25) is 5.82 Å². The van der Waals surface area contributed by atoms with Crippen molar-refractivity contribution >= 4 is 19.5 Å². The maximum absolute atomic E-state index is 6.04. The summed E-state index contributed by atoms with van der Waals surface area (Å²) in [6.07, 6.45) is 2.44. The van der Waals surface area contributed by atoms with Crippen LogP contribution in [-0.4, -0.2) is 31.4 Å². The molecule has 0 aromatic heterocycles. The van der Waals surface area contributed by atoms with Gasteiger partial charge in [-0.2, -0.15) is 0 Å². The molecular formula is C11H23BClNO2. The van der Waals surface area contributed by atoms with E-state index >= 15 is 0 Å². The minimum absolute atomic E-state index is 0. The highest BCUT2D eigenvalue weighted by Crippen LogP contribution is 2.41. The van der Waals surface area contributed by atoms with Gasteiger partial charge in [0.2, 0.25) is 0 Å². The molecule has 2 heterocycles. The Morgan fingerprint density at radius 3 is 2.12 bits per heavy atom. The van der Waals surface area contributed by atoms with Crippen molar-refractivity contribution in [2.75, 3.05) is 13.1 Å². The molecule has 2 aliphatic rings. The second-order valence-corrected chi connectivity index (χ2v) is 5.73. The van der Waals surface area contributed by atoms with Crippen LogP contribution in [0.25, 0.3) is 0 Å². The van der Waals surface area contributed by atoms with E-state index in [1.807, 2.05) is 0 Å². The highest BCUT2D eigenvalue weighted by molar-refractivity contribution is 6.47. The van der Waals surface area contributed by atoms with Gasteiger partial charge in [0.25, 0.3) is 0 Å². The van der Waals surface area contributed by atoms with Gasteiger partial charge in [-0.05, 0) is 53.6 Å². The fourth-order valence-corrected chi connectivity index (χ4v) is 2.19. The fraction of sp³-hybridized carbons (Fsp3) is 1.00. The monoisotopic (exact) mass is 247 g/mol. The average Bonchev–Trinajstić information content (AvgIpc) is 2.38. The van der Waals surface area contributed by atoms with E-state index in [1.165, 1.54) is 12.8 Å². The van der Waals surface area contributed by atoms with Crippen molar-refractivity contribution in [1.29, 1.82) is 0 Å². The molecule has 0 bridgehead atoms. The zero-order valence-electron chi connectivity index (χ0n) is 10.7. The van der Waals surface area contributed by atoms with Crippen LogP contribution < -0.4 is 5.32 Å². The predicted octanol–water partition coefficient (Wildman–Crippen LogP) is 2.25. The van der Waals surface area contributed by atoms with E-state index in [4.69, 9.17) is 9.31 Å². The molecule has 0 spiro atoms. The minimum atomic E-state index is -0.185. The Hall–Kier alpha value is 0.235. The Morgan fingerprint density at radius 2 is 1.69 bits per heavy atom. The molecule has 0 aromatic carbocycles. The Bertz CT molecular complexity index is 226. The van der Waals surface area contributed by atoms with Gasteiger partial charge in [-0.15, -0.1) is 12.4 Å². The van der Waals surface area contributed by atoms with E-state index in [1.54, 1.807) is 0 Å². The van der Waals surface area contributed by atoms with Crippen LogP contribution in [0.5, 0.6) is 0 Å². The SMILES string of the molecule is CC1(C)OB(C2CCCNC2)OC1(C)C.Cl.